The van der Waals surface area contributed by atoms with Crippen molar-refractivity contribution in [3.8, 4) is 0 Å². The molecule has 0 fully saturated rings. The Balaban J connectivity index is 2.25. The van der Waals surface area contributed by atoms with E-state index in [0.717, 1.165) is 11.1 Å². The summed E-state index contributed by atoms with van der Waals surface area (Å²) in [7, 11) is 0. The van der Waals surface area contributed by atoms with Crippen LogP contribution in [0.25, 0.3) is 0 Å². The molecule has 0 bridgehead atoms. The maximum atomic E-state index is 13.8. The number of rotatable bonds is 3. The number of benzene rings is 2. The topological polar surface area (TPSA) is 20.2 Å². The molecule has 1 unspecified atom stereocenters. The van der Waals surface area contributed by atoms with Crippen molar-refractivity contribution >= 4 is 23.2 Å². The van der Waals surface area contributed by atoms with Gasteiger partial charge in [0.2, 0.25) is 0 Å². The second-order valence-electron chi connectivity index (χ2n) is 4.46. The number of hydrogen-bond acceptors (Lipinski definition) is 1. The van der Waals surface area contributed by atoms with Crippen LogP contribution in [-0.2, 0) is 6.42 Å². The summed E-state index contributed by atoms with van der Waals surface area (Å²) in [6.07, 6.45) is -0.727. The molecule has 0 heterocycles. The SMILES string of the molecule is Cc1ccc(CC(O)c2cccc(Cl)c2F)c(Cl)c1. The largest absolute Gasteiger partial charge is 0.388 e. The monoisotopic (exact) mass is 298 g/mol. The first kappa shape index (κ1) is 14.3. The molecule has 2 aromatic carbocycles. The van der Waals surface area contributed by atoms with Gasteiger partial charge < -0.3 is 5.11 Å². The van der Waals surface area contributed by atoms with Gasteiger partial charge in [0.25, 0.3) is 0 Å². The second-order valence-corrected chi connectivity index (χ2v) is 5.27. The Morgan fingerprint density at radius 3 is 2.58 bits per heavy atom. The lowest BCUT2D eigenvalue weighted by Crippen LogP contribution is -2.05. The molecular weight excluding hydrogens is 286 g/mol. The highest BCUT2D eigenvalue weighted by Gasteiger charge is 2.16. The molecule has 1 N–H and O–H groups in total. The van der Waals surface area contributed by atoms with Gasteiger partial charge in [-0.25, -0.2) is 4.39 Å². The van der Waals surface area contributed by atoms with E-state index in [4.69, 9.17) is 23.2 Å². The summed E-state index contributed by atoms with van der Waals surface area (Å²) < 4.78 is 13.8. The summed E-state index contributed by atoms with van der Waals surface area (Å²) in [5.74, 6) is -0.583. The molecular formula is C15H13Cl2FO. The fraction of sp³-hybridized carbons (Fsp3) is 0.200. The molecule has 1 atom stereocenters. The lowest BCUT2D eigenvalue weighted by atomic mass is 10.00. The summed E-state index contributed by atoms with van der Waals surface area (Å²) in [6.45, 7) is 1.93. The second kappa shape index (κ2) is 5.91. The number of aryl methyl sites for hydroxylation is 1. The zero-order valence-electron chi connectivity index (χ0n) is 10.3. The van der Waals surface area contributed by atoms with E-state index >= 15 is 0 Å². The van der Waals surface area contributed by atoms with Crippen molar-refractivity contribution in [2.24, 2.45) is 0 Å². The van der Waals surface area contributed by atoms with Gasteiger partial charge in [-0.3, -0.25) is 0 Å². The maximum absolute atomic E-state index is 13.8. The van der Waals surface area contributed by atoms with Crippen molar-refractivity contribution in [3.63, 3.8) is 0 Å². The number of hydrogen-bond donors (Lipinski definition) is 1. The lowest BCUT2D eigenvalue weighted by molar-refractivity contribution is 0.173. The minimum absolute atomic E-state index is 0.00607. The molecule has 0 radical (unpaired) electrons. The van der Waals surface area contributed by atoms with Gasteiger partial charge in [0.05, 0.1) is 11.1 Å². The predicted molar refractivity (Wildman–Crippen MR) is 76.3 cm³/mol. The lowest BCUT2D eigenvalue weighted by Gasteiger charge is -2.14. The predicted octanol–water partition coefficient (Wildman–Crippen LogP) is 4.72. The summed E-state index contributed by atoms with van der Waals surface area (Å²) in [5, 5.41) is 10.7. The van der Waals surface area contributed by atoms with Crippen LogP contribution in [0.5, 0.6) is 0 Å². The average molecular weight is 299 g/mol. The van der Waals surface area contributed by atoms with Crippen LogP contribution in [0.3, 0.4) is 0 Å². The van der Waals surface area contributed by atoms with Crippen molar-refractivity contribution in [1.82, 2.24) is 0 Å². The van der Waals surface area contributed by atoms with E-state index in [1.807, 2.05) is 25.1 Å². The highest BCUT2D eigenvalue weighted by Crippen LogP contribution is 2.28. The van der Waals surface area contributed by atoms with Crippen LogP contribution in [-0.4, -0.2) is 5.11 Å². The first-order valence-electron chi connectivity index (χ1n) is 5.86. The standard InChI is InChI=1S/C15H13Cl2FO/c1-9-5-6-10(13(17)7-9)8-14(19)11-3-2-4-12(16)15(11)18/h2-7,14,19H,8H2,1H3. The molecule has 0 amide bonds. The summed E-state index contributed by atoms with van der Waals surface area (Å²) >= 11 is 11.8. The minimum atomic E-state index is -0.973. The summed E-state index contributed by atoms with van der Waals surface area (Å²) in [5.41, 5.74) is 2.00. The molecule has 0 aromatic heterocycles. The van der Waals surface area contributed by atoms with Crippen LogP contribution >= 0.6 is 23.2 Å². The van der Waals surface area contributed by atoms with Crippen LogP contribution in [0, 0.1) is 12.7 Å². The fourth-order valence-electron chi connectivity index (χ4n) is 1.91. The Kier molecular flexibility index (Phi) is 4.46. The van der Waals surface area contributed by atoms with Crippen LogP contribution in [0.1, 0.15) is 22.8 Å². The molecule has 0 saturated heterocycles. The highest BCUT2D eigenvalue weighted by molar-refractivity contribution is 6.31. The smallest absolute Gasteiger partial charge is 0.147 e. The van der Waals surface area contributed by atoms with E-state index in [2.05, 4.69) is 0 Å². The van der Waals surface area contributed by atoms with Gasteiger partial charge in [-0.1, -0.05) is 47.5 Å². The Hall–Kier alpha value is -1.09. The van der Waals surface area contributed by atoms with Gasteiger partial charge in [0.15, 0.2) is 0 Å². The molecule has 0 aliphatic heterocycles. The molecule has 0 aliphatic rings. The van der Waals surface area contributed by atoms with Crippen molar-refractivity contribution < 1.29 is 9.50 Å². The Morgan fingerprint density at radius 1 is 1.16 bits per heavy atom. The number of halogens is 3. The van der Waals surface area contributed by atoms with E-state index in [-0.39, 0.29) is 17.0 Å². The van der Waals surface area contributed by atoms with E-state index in [0.29, 0.717) is 5.02 Å². The Morgan fingerprint density at radius 2 is 1.89 bits per heavy atom. The zero-order valence-corrected chi connectivity index (χ0v) is 11.8. The third-order valence-corrected chi connectivity index (χ3v) is 3.61. The zero-order chi connectivity index (χ0) is 14.0. The number of aliphatic hydroxyl groups excluding tert-OH is 1. The van der Waals surface area contributed by atoms with Crippen molar-refractivity contribution in [2.75, 3.05) is 0 Å². The van der Waals surface area contributed by atoms with Crippen LogP contribution in [0.15, 0.2) is 36.4 Å². The van der Waals surface area contributed by atoms with Gasteiger partial charge in [0.1, 0.15) is 5.82 Å². The number of aliphatic hydroxyl groups is 1. The van der Waals surface area contributed by atoms with Gasteiger partial charge in [0, 0.05) is 17.0 Å². The molecule has 2 aromatic rings. The van der Waals surface area contributed by atoms with Gasteiger partial charge >= 0.3 is 0 Å². The molecule has 1 nitrogen and oxygen atoms in total. The molecule has 2 rings (SSSR count). The van der Waals surface area contributed by atoms with E-state index in [9.17, 15) is 9.50 Å². The van der Waals surface area contributed by atoms with Crippen LogP contribution in [0.2, 0.25) is 10.0 Å². The molecule has 0 saturated carbocycles. The van der Waals surface area contributed by atoms with E-state index in [1.54, 1.807) is 6.07 Å². The maximum Gasteiger partial charge on any atom is 0.147 e. The molecule has 0 aliphatic carbocycles. The van der Waals surface area contributed by atoms with Gasteiger partial charge in [-0.2, -0.15) is 0 Å². The average Bonchev–Trinajstić information content (AvgIpc) is 2.36. The van der Waals surface area contributed by atoms with E-state index < -0.39 is 11.9 Å². The third-order valence-electron chi connectivity index (χ3n) is 2.96. The molecule has 19 heavy (non-hydrogen) atoms. The first-order chi connectivity index (χ1) is 8.99. The molecule has 0 spiro atoms. The van der Waals surface area contributed by atoms with Gasteiger partial charge in [-0.05, 0) is 30.2 Å². The third kappa shape index (κ3) is 3.27. The molecule has 100 valence electrons. The fourth-order valence-corrected chi connectivity index (χ4v) is 2.41. The molecule has 4 heteroatoms. The Labute approximate surface area is 121 Å². The summed E-state index contributed by atoms with van der Waals surface area (Å²) in [6, 6.07) is 10.1. The van der Waals surface area contributed by atoms with Crippen LogP contribution in [0.4, 0.5) is 4.39 Å². The minimum Gasteiger partial charge on any atom is -0.388 e. The highest BCUT2D eigenvalue weighted by atomic mass is 35.5. The van der Waals surface area contributed by atoms with Crippen molar-refractivity contribution in [2.45, 2.75) is 19.4 Å². The van der Waals surface area contributed by atoms with Crippen molar-refractivity contribution in [3.05, 3.63) is 69.0 Å². The Bertz CT molecular complexity index is 599. The quantitative estimate of drug-likeness (QED) is 0.869. The summed E-state index contributed by atoms with van der Waals surface area (Å²) in [4.78, 5) is 0. The van der Waals surface area contributed by atoms with Crippen LogP contribution < -0.4 is 0 Å². The normalized spacial score (nSPS) is 12.5. The first-order valence-corrected chi connectivity index (χ1v) is 6.61. The van der Waals surface area contributed by atoms with Gasteiger partial charge in [-0.15, -0.1) is 0 Å². The van der Waals surface area contributed by atoms with E-state index in [1.165, 1.54) is 12.1 Å². The van der Waals surface area contributed by atoms with Crippen molar-refractivity contribution in [1.29, 1.82) is 0 Å².